The normalized spacial score (nSPS) is 19.1. The number of carboxylic acids is 1. The monoisotopic (exact) mass is 382 g/mol. The Kier molecular flexibility index (Phi) is 4.11. The third kappa shape index (κ3) is 2.75. The number of nitrogens with zero attached hydrogens (tertiary/aromatic N) is 1. The molecule has 3 aromatic rings. The van der Waals surface area contributed by atoms with Gasteiger partial charge < -0.3 is 15.4 Å². The first-order chi connectivity index (χ1) is 12.9. The van der Waals surface area contributed by atoms with Gasteiger partial charge in [0.05, 0.1) is 21.5 Å². The van der Waals surface area contributed by atoms with Gasteiger partial charge in [-0.15, -0.1) is 11.3 Å². The molecular weight excluding hydrogens is 364 g/mol. The third-order valence-corrected chi connectivity index (χ3v) is 6.23. The van der Waals surface area contributed by atoms with E-state index in [0.717, 1.165) is 22.6 Å². The van der Waals surface area contributed by atoms with Gasteiger partial charge >= 0.3 is 5.97 Å². The summed E-state index contributed by atoms with van der Waals surface area (Å²) >= 11 is 1.07. The zero-order valence-electron chi connectivity index (χ0n) is 14.7. The van der Waals surface area contributed by atoms with Crippen molar-refractivity contribution in [1.29, 1.82) is 0 Å². The van der Waals surface area contributed by atoms with Crippen LogP contribution < -0.4 is 5.73 Å². The molecule has 7 heteroatoms. The van der Waals surface area contributed by atoms with Crippen molar-refractivity contribution in [3.63, 3.8) is 0 Å². The molecule has 2 aromatic heterocycles. The van der Waals surface area contributed by atoms with Gasteiger partial charge in [0.1, 0.15) is 10.8 Å². The van der Waals surface area contributed by atoms with Gasteiger partial charge in [0.15, 0.2) is 5.78 Å². The molecule has 0 saturated heterocycles. The number of nitrogens with two attached hydrogens (primary N) is 1. The summed E-state index contributed by atoms with van der Waals surface area (Å²) in [5.41, 5.74) is 7.36. The van der Waals surface area contributed by atoms with Crippen LogP contribution in [-0.4, -0.2) is 22.0 Å². The third-order valence-electron chi connectivity index (χ3n) is 5.17. The molecule has 0 radical (unpaired) electrons. The Hall–Kier alpha value is -2.93. The number of aromatic nitrogens is 1. The van der Waals surface area contributed by atoms with Crippen LogP contribution in [0, 0.1) is 6.92 Å². The first kappa shape index (κ1) is 17.5. The number of benzene rings is 1. The number of hydrogen-bond acceptors (Lipinski definition) is 6. The molecule has 3 N–H and O–H groups in total. The van der Waals surface area contributed by atoms with E-state index in [1.807, 2.05) is 43.3 Å². The zero-order valence-corrected chi connectivity index (χ0v) is 15.5. The lowest BCUT2D eigenvalue weighted by atomic mass is 9.66. The summed E-state index contributed by atoms with van der Waals surface area (Å²) in [5.74, 6) is -0.555. The molecule has 1 aliphatic carbocycles. The number of ketones is 1. The lowest BCUT2D eigenvalue weighted by Crippen LogP contribution is -2.41. The highest BCUT2D eigenvalue weighted by Crippen LogP contribution is 2.46. The minimum atomic E-state index is -1.09. The highest BCUT2D eigenvalue weighted by Gasteiger charge is 2.47. The number of Topliss-reactive ketones (excluding diaryl/α,β-unsaturated/α-hetero) is 1. The molecule has 1 aromatic carbocycles. The molecule has 0 fully saturated rings. The van der Waals surface area contributed by atoms with Gasteiger partial charge in [0.25, 0.3) is 0 Å². The van der Waals surface area contributed by atoms with E-state index >= 15 is 0 Å². The maximum Gasteiger partial charge on any atom is 0.338 e. The van der Waals surface area contributed by atoms with Crippen molar-refractivity contribution in [3.05, 3.63) is 69.4 Å². The van der Waals surface area contributed by atoms with Gasteiger partial charge in [-0.2, -0.15) is 0 Å². The predicted octanol–water partition coefficient (Wildman–Crippen LogP) is 3.63. The lowest BCUT2D eigenvalue weighted by Gasteiger charge is -2.35. The molecule has 6 nitrogen and oxygen atoms in total. The van der Waals surface area contributed by atoms with Gasteiger partial charge in [-0.3, -0.25) is 4.79 Å². The summed E-state index contributed by atoms with van der Waals surface area (Å²) in [6, 6.07) is 11.4. The smallest absolute Gasteiger partial charge is 0.338 e. The van der Waals surface area contributed by atoms with Crippen LogP contribution in [0.1, 0.15) is 49.0 Å². The Morgan fingerprint density at radius 1 is 1.37 bits per heavy atom. The highest BCUT2D eigenvalue weighted by atomic mass is 32.1. The van der Waals surface area contributed by atoms with E-state index in [2.05, 4.69) is 5.16 Å². The standard InChI is InChI=1S/C20H18N2O4S/c1-11-9-13(26-22-11)10-20(12-5-3-2-4-6-12)8-7-14-15(19(24)25)18(21)27-16(14)17(20)23/h2-6,9H,7-8,10,21H2,1H3,(H,24,25). The number of carbonyl (C=O) groups excluding carboxylic acids is 1. The number of aromatic carboxylic acids is 1. The lowest BCUT2D eigenvalue weighted by molar-refractivity contribution is 0.0697. The van der Waals surface area contributed by atoms with Gasteiger partial charge in [0.2, 0.25) is 0 Å². The average molecular weight is 382 g/mol. The SMILES string of the molecule is Cc1cc(CC2(c3ccccc3)CCc3c(sc(N)c3C(=O)O)C2=O)on1. The maximum atomic E-state index is 13.6. The summed E-state index contributed by atoms with van der Waals surface area (Å²) in [7, 11) is 0. The number of hydrogen-bond donors (Lipinski definition) is 2. The number of carboxylic acid groups (broad SMARTS) is 1. The number of rotatable bonds is 4. The van der Waals surface area contributed by atoms with E-state index in [4.69, 9.17) is 10.3 Å². The second-order valence-corrected chi connectivity index (χ2v) is 7.89. The second-order valence-electron chi connectivity index (χ2n) is 6.84. The van der Waals surface area contributed by atoms with Crippen LogP contribution in [-0.2, 0) is 18.3 Å². The summed E-state index contributed by atoms with van der Waals surface area (Å²) < 4.78 is 5.40. The molecule has 0 spiro atoms. The van der Waals surface area contributed by atoms with Gasteiger partial charge in [-0.25, -0.2) is 4.79 Å². The van der Waals surface area contributed by atoms with Crippen LogP contribution in [0.15, 0.2) is 40.9 Å². The number of nitrogen functional groups attached to an aromatic ring is 1. The quantitative estimate of drug-likeness (QED) is 0.713. The molecule has 138 valence electrons. The fourth-order valence-electron chi connectivity index (χ4n) is 3.91. The van der Waals surface area contributed by atoms with Gasteiger partial charge in [0, 0.05) is 12.5 Å². The number of aryl methyl sites for hydroxylation is 1. The highest BCUT2D eigenvalue weighted by molar-refractivity contribution is 7.18. The van der Waals surface area contributed by atoms with E-state index in [9.17, 15) is 14.7 Å². The molecule has 1 aliphatic rings. The minimum absolute atomic E-state index is 0.0699. The Morgan fingerprint density at radius 3 is 2.74 bits per heavy atom. The van der Waals surface area contributed by atoms with Crippen molar-refractivity contribution in [2.45, 2.75) is 31.6 Å². The van der Waals surface area contributed by atoms with Gasteiger partial charge in [-0.05, 0) is 30.9 Å². The maximum absolute atomic E-state index is 13.6. The van der Waals surface area contributed by atoms with Crippen molar-refractivity contribution in [2.75, 3.05) is 5.73 Å². The molecule has 4 rings (SSSR count). The van der Waals surface area contributed by atoms with Crippen molar-refractivity contribution >= 4 is 28.1 Å². The Labute approximate surface area is 159 Å². The summed E-state index contributed by atoms with van der Waals surface area (Å²) in [6.07, 6.45) is 1.33. The Balaban J connectivity index is 1.86. The molecule has 1 unspecified atom stereocenters. The van der Waals surface area contributed by atoms with Crippen LogP contribution in [0.5, 0.6) is 0 Å². The number of fused-ring (bicyclic) bond motifs is 1. The molecule has 0 bridgehead atoms. The molecule has 0 amide bonds. The minimum Gasteiger partial charge on any atom is -0.478 e. The Bertz CT molecular complexity index is 1040. The van der Waals surface area contributed by atoms with E-state index < -0.39 is 11.4 Å². The average Bonchev–Trinajstić information content (AvgIpc) is 3.21. The fourth-order valence-corrected chi connectivity index (χ4v) is 5.06. The molecule has 2 heterocycles. The summed E-state index contributed by atoms with van der Waals surface area (Å²) in [6.45, 7) is 1.84. The van der Waals surface area contributed by atoms with Crippen LogP contribution in [0.2, 0.25) is 0 Å². The summed E-state index contributed by atoms with van der Waals surface area (Å²) in [5, 5.41) is 13.6. The van der Waals surface area contributed by atoms with Crippen molar-refractivity contribution in [3.8, 4) is 0 Å². The van der Waals surface area contributed by atoms with Gasteiger partial charge in [-0.1, -0.05) is 35.5 Å². The van der Waals surface area contributed by atoms with Crippen molar-refractivity contribution < 1.29 is 19.2 Å². The molecular formula is C20H18N2O4S. The predicted molar refractivity (Wildman–Crippen MR) is 101 cm³/mol. The van der Waals surface area contributed by atoms with Crippen LogP contribution in [0.25, 0.3) is 0 Å². The number of anilines is 1. The Morgan fingerprint density at radius 2 is 2.11 bits per heavy atom. The van der Waals surface area contributed by atoms with E-state index in [1.54, 1.807) is 0 Å². The van der Waals surface area contributed by atoms with E-state index in [0.29, 0.717) is 35.5 Å². The van der Waals surface area contributed by atoms with E-state index in [1.165, 1.54) is 0 Å². The van der Waals surface area contributed by atoms with Crippen molar-refractivity contribution in [1.82, 2.24) is 5.16 Å². The number of thiophene rings is 1. The van der Waals surface area contributed by atoms with Crippen LogP contribution in [0.4, 0.5) is 5.00 Å². The van der Waals surface area contributed by atoms with E-state index in [-0.39, 0.29) is 16.3 Å². The molecule has 0 saturated carbocycles. The topological polar surface area (TPSA) is 106 Å². The fraction of sp³-hybridized carbons (Fsp3) is 0.250. The number of carbonyl (C=O) groups is 2. The second kappa shape index (κ2) is 6.35. The molecule has 0 aliphatic heterocycles. The first-order valence-corrected chi connectivity index (χ1v) is 9.41. The van der Waals surface area contributed by atoms with Crippen LogP contribution in [0.3, 0.4) is 0 Å². The summed E-state index contributed by atoms with van der Waals surface area (Å²) in [4.78, 5) is 25.7. The van der Waals surface area contributed by atoms with Crippen molar-refractivity contribution in [2.24, 2.45) is 0 Å². The zero-order chi connectivity index (χ0) is 19.2. The first-order valence-electron chi connectivity index (χ1n) is 8.59. The largest absolute Gasteiger partial charge is 0.478 e. The molecule has 27 heavy (non-hydrogen) atoms. The van der Waals surface area contributed by atoms with Crippen LogP contribution >= 0.6 is 11.3 Å². The molecule has 1 atom stereocenters.